The molecule has 0 saturated heterocycles. The van der Waals surface area contributed by atoms with Gasteiger partial charge in [0.25, 0.3) is 0 Å². The van der Waals surface area contributed by atoms with E-state index in [9.17, 15) is 4.79 Å². The lowest BCUT2D eigenvalue weighted by Crippen LogP contribution is -2.06. The summed E-state index contributed by atoms with van der Waals surface area (Å²) >= 11 is 12.0. The third-order valence-electron chi connectivity index (χ3n) is 5.20. The van der Waals surface area contributed by atoms with Gasteiger partial charge in [-0.15, -0.1) is 0 Å². The topological polar surface area (TPSA) is 57.9 Å². The molecule has 0 saturated carbocycles. The van der Waals surface area contributed by atoms with Gasteiger partial charge < -0.3 is 18.6 Å². The lowest BCUT2D eigenvalue weighted by molar-refractivity contribution is 0.306. The molecule has 0 aliphatic heterocycles. The van der Waals surface area contributed by atoms with Crippen LogP contribution < -0.4 is 19.8 Å². The van der Waals surface area contributed by atoms with Crippen molar-refractivity contribution >= 4 is 34.2 Å². The summed E-state index contributed by atoms with van der Waals surface area (Å²) in [6.45, 7) is 2.19. The number of rotatable bonds is 6. The van der Waals surface area contributed by atoms with Gasteiger partial charge in [-0.3, -0.25) is 0 Å². The molecule has 7 heteroatoms. The van der Waals surface area contributed by atoms with Gasteiger partial charge in [-0.1, -0.05) is 35.3 Å². The molecule has 0 unspecified atom stereocenters. The van der Waals surface area contributed by atoms with E-state index in [2.05, 4.69) is 0 Å². The van der Waals surface area contributed by atoms with E-state index in [0.717, 1.165) is 16.5 Å². The van der Waals surface area contributed by atoms with Gasteiger partial charge in [-0.2, -0.15) is 0 Å². The molecular weight excluding hydrogens is 451 g/mol. The predicted octanol–water partition coefficient (Wildman–Crippen LogP) is 6.67. The van der Waals surface area contributed by atoms with E-state index in [1.807, 2.05) is 25.1 Å². The maximum Gasteiger partial charge on any atom is 0.344 e. The zero-order valence-electron chi connectivity index (χ0n) is 17.7. The fourth-order valence-electron chi connectivity index (χ4n) is 3.55. The molecule has 0 atom stereocenters. The number of ether oxygens (including phenoxy) is 3. The van der Waals surface area contributed by atoms with Crippen molar-refractivity contribution in [2.24, 2.45) is 0 Å². The molecule has 0 bridgehead atoms. The molecule has 1 aromatic heterocycles. The van der Waals surface area contributed by atoms with Crippen molar-refractivity contribution in [3.63, 3.8) is 0 Å². The van der Waals surface area contributed by atoms with Crippen molar-refractivity contribution in [2.45, 2.75) is 13.5 Å². The van der Waals surface area contributed by atoms with Crippen LogP contribution in [0.25, 0.3) is 22.1 Å². The van der Waals surface area contributed by atoms with E-state index in [-0.39, 0.29) is 0 Å². The minimum Gasteiger partial charge on any atom is -0.493 e. The number of aryl methyl sites for hydroxylation is 1. The van der Waals surface area contributed by atoms with Crippen LogP contribution in [0.2, 0.25) is 10.0 Å². The van der Waals surface area contributed by atoms with Crippen LogP contribution in [0.3, 0.4) is 0 Å². The maximum atomic E-state index is 12.9. The number of hydrogen-bond donors (Lipinski definition) is 0. The highest BCUT2D eigenvalue weighted by Gasteiger charge is 2.16. The highest BCUT2D eigenvalue weighted by molar-refractivity contribution is 6.42. The monoisotopic (exact) mass is 470 g/mol. The molecule has 3 aromatic carbocycles. The van der Waals surface area contributed by atoms with E-state index < -0.39 is 5.63 Å². The molecule has 0 N–H and O–H groups in total. The van der Waals surface area contributed by atoms with Gasteiger partial charge in [0.05, 0.1) is 29.8 Å². The van der Waals surface area contributed by atoms with E-state index in [4.69, 9.17) is 41.8 Å². The van der Waals surface area contributed by atoms with Crippen LogP contribution in [-0.4, -0.2) is 14.2 Å². The first kappa shape index (κ1) is 22.1. The molecule has 0 radical (unpaired) electrons. The third-order valence-corrected chi connectivity index (χ3v) is 5.94. The number of benzene rings is 3. The molecule has 0 amide bonds. The van der Waals surface area contributed by atoms with Gasteiger partial charge in [0, 0.05) is 11.5 Å². The first-order valence-electron chi connectivity index (χ1n) is 9.78. The van der Waals surface area contributed by atoms with Crippen LogP contribution in [0.4, 0.5) is 0 Å². The minimum absolute atomic E-state index is 0.301. The standard InChI is InChI=1S/C25H20Cl2O5/c1-14-18-7-6-17(31-13-15-4-8-19(26)20(27)10-15)12-22(18)32-25(28)24(14)16-5-9-21(29-2)23(11-16)30-3/h4-12H,13H2,1-3H3. The van der Waals surface area contributed by atoms with Gasteiger partial charge in [0.1, 0.15) is 17.9 Å². The Labute approximate surface area is 195 Å². The molecule has 0 aliphatic rings. The summed E-state index contributed by atoms with van der Waals surface area (Å²) in [6.07, 6.45) is 0. The molecule has 32 heavy (non-hydrogen) atoms. The van der Waals surface area contributed by atoms with Gasteiger partial charge >= 0.3 is 5.63 Å². The smallest absolute Gasteiger partial charge is 0.344 e. The van der Waals surface area contributed by atoms with Crippen LogP contribution in [0.5, 0.6) is 17.2 Å². The lowest BCUT2D eigenvalue weighted by Gasteiger charge is -2.12. The zero-order valence-corrected chi connectivity index (χ0v) is 19.2. The number of hydrogen-bond acceptors (Lipinski definition) is 5. The van der Waals surface area contributed by atoms with Gasteiger partial charge in [-0.05, 0) is 60.0 Å². The highest BCUT2D eigenvalue weighted by Crippen LogP contribution is 2.34. The molecule has 0 spiro atoms. The first-order chi connectivity index (χ1) is 15.4. The second-order valence-electron chi connectivity index (χ2n) is 7.15. The average Bonchev–Trinajstić information content (AvgIpc) is 2.79. The van der Waals surface area contributed by atoms with Crippen LogP contribution in [-0.2, 0) is 6.61 Å². The minimum atomic E-state index is -0.441. The lowest BCUT2D eigenvalue weighted by atomic mass is 9.99. The predicted molar refractivity (Wildman–Crippen MR) is 127 cm³/mol. The first-order valence-corrected chi connectivity index (χ1v) is 10.5. The maximum absolute atomic E-state index is 12.9. The van der Waals surface area contributed by atoms with Crippen molar-refractivity contribution in [3.8, 4) is 28.4 Å². The van der Waals surface area contributed by atoms with E-state index in [1.54, 1.807) is 50.6 Å². The fraction of sp³-hybridized carbons (Fsp3) is 0.160. The van der Waals surface area contributed by atoms with Crippen molar-refractivity contribution in [2.75, 3.05) is 14.2 Å². The second kappa shape index (κ2) is 9.15. The Balaban J connectivity index is 1.67. The number of fused-ring (bicyclic) bond motifs is 1. The molecule has 4 rings (SSSR count). The Morgan fingerprint density at radius 1 is 0.875 bits per heavy atom. The van der Waals surface area contributed by atoms with Crippen molar-refractivity contribution < 1.29 is 18.6 Å². The van der Waals surface area contributed by atoms with Crippen LogP contribution in [0, 0.1) is 6.92 Å². The molecule has 164 valence electrons. The Kier molecular flexibility index (Phi) is 6.31. The quantitative estimate of drug-likeness (QED) is 0.294. The Bertz CT molecular complexity index is 1360. The Hall–Kier alpha value is -3.15. The summed E-state index contributed by atoms with van der Waals surface area (Å²) in [5.41, 5.74) is 2.85. The zero-order chi connectivity index (χ0) is 22.8. The molecule has 1 heterocycles. The van der Waals surface area contributed by atoms with Crippen molar-refractivity contribution in [1.82, 2.24) is 0 Å². The summed E-state index contributed by atoms with van der Waals surface area (Å²) in [4.78, 5) is 12.9. The SMILES string of the molecule is COc1ccc(-c2c(C)c3ccc(OCc4ccc(Cl)c(Cl)c4)cc3oc2=O)cc1OC. The van der Waals surface area contributed by atoms with Crippen LogP contribution >= 0.6 is 23.2 Å². The van der Waals surface area contributed by atoms with Crippen molar-refractivity contribution in [1.29, 1.82) is 0 Å². The summed E-state index contributed by atoms with van der Waals surface area (Å²) < 4.78 is 22.1. The average molecular weight is 471 g/mol. The van der Waals surface area contributed by atoms with Gasteiger partial charge in [0.2, 0.25) is 0 Å². The molecule has 0 fully saturated rings. The van der Waals surface area contributed by atoms with Crippen LogP contribution in [0.15, 0.2) is 63.8 Å². The van der Waals surface area contributed by atoms with Gasteiger partial charge in [-0.25, -0.2) is 4.79 Å². The summed E-state index contributed by atoms with van der Waals surface area (Å²) in [7, 11) is 3.12. The molecule has 5 nitrogen and oxygen atoms in total. The van der Waals surface area contributed by atoms with Crippen LogP contribution in [0.1, 0.15) is 11.1 Å². The van der Waals surface area contributed by atoms with Gasteiger partial charge in [0.15, 0.2) is 11.5 Å². The largest absolute Gasteiger partial charge is 0.493 e. The molecule has 0 aliphatic carbocycles. The van der Waals surface area contributed by atoms with E-state index in [0.29, 0.717) is 50.6 Å². The summed E-state index contributed by atoms with van der Waals surface area (Å²) in [5.74, 6) is 1.70. The number of halogens is 2. The third kappa shape index (κ3) is 4.27. The van der Waals surface area contributed by atoms with E-state index >= 15 is 0 Å². The summed E-state index contributed by atoms with van der Waals surface area (Å²) in [5, 5.41) is 1.77. The fourth-order valence-corrected chi connectivity index (χ4v) is 3.87. The Morgan fingerprint density at radius 3 is 2.38 bits per heavy atom. The highest BCUT2D eigenvalue weighted by atomic mass is 35.5. The number of methoxy groups -OCH3 is 2. The van der Waals surface area contributed by atoms with Crippen molar-refractivity contribution in [3.05, 3.63) is 86.2 Å². The Morgan fingerprint density at radius 2 is 1.66 bits per heavy atom. The molecular formula is C25H20Cl2O5. The summed E-state index contributed by atoms with van der Waals surface area (Å²) in [6, 6.07) is 16.1. The van der Waals surface area contributed by atoms with E-state index in [1.165, 1.54) is 0 Å². The molecule has 4 aromatic rings. The normalized spacial score (nSPS) is 10.9. The second-order valence-corrected chi connectivity index (χ2v) is 7.97.